The van der Waals surface area contributed by atoms with Gasteiger partial charge in [0.15, 0.2) is 0 Å². The fourth-order valence-electron chi connectivity index (χ4n) is 2.75. The van der Waals surface area contributed by atoms with Gasteiger partial charge in [0.05, 0.1) is 13.2 Å². The van der Waals surface area contributed by atoms with Gasteiger partial charge in [0.1, 0.15) is 11.5 Å². The maximum atomic E-state index is 12.3. The van der Waals surface area contributed by atoms with Crippen molar-refractivity contribution in [2.24, 2.45) is 0 Å². The molecule has 126 valence electrons. The molecule has 1 amide bonds. The van der Waals surface area contributed by atoms with Crippen molar-refractivity contribution in [1.29, 1.82) is 0 Å². The van der Waals surface area contributed by atoms with Crippen LogP contribution in [0.3, 0.4) is 0 Å². The van der Waals surface area contributed by atoms with Crippen molar-refractivity contribution in [3.8, 4) is 11.5 Å². The molecule has 1 heterocycles. The number of rotatable bonds is 7. The zero-order valence-corrected chi connectivity index (χ0v) is 13.8. The predicted octanol–water partition coefficient (Wildman–Crippen LogP) is 3.77. The molecule has 2 aromatic carbocycles. The fourth-order valence-corrected chi connectivity index (χ4v) is 2.75. The van der Waals surface area contributed by atoms with Crippen LogP contribution in [-0.2, 0) is 0 Å². The summed E-state index contributed by atoms with van der Waals surface area (Å²) < 4.78 is 11.3. The molecule has 0 aliphatic carbocycles. The second kappa shape index (κ2) is 8.39. The highest BCUT2D eigenvalue weighted by Gasteiger charge is 2.19. The Labute approximate surface area is 143 Å². The van der Waals surface area contributed by atoms with E-state index in [4.69, 9.17) is 9.47 Å². The second-order valence-corrected chi connectivity index (χ2v) is 5.89. The number of amides is 1. The van der Waals surface area contributed by atoms with E-state index in [-0.39, 0.29) is 5.91 Å². The normalized spacial score (nSPS) is 13.8. The minimum absolute atomic E-state index is 0.121. The number of carbonyl (C=O) groups is 1. The summed E-state index contributed by atoms with van der Waals surface area (Å²) in [7, 11) is 0. The molecule has 1 saturated heterocycles. The molecule has 0 atom stereocenters. The Hall–Kier alpha value is -2.49. The van der Waals surface area contributed by atoms with Crippen molar-refractivity contribution in [2.75, 3.05) is 26.3 Å². The smallest absolute Gasteiger partial charge is 0.253 e. The van der Waals surface area contributed by atoms with E-state index < -0.39 is 0 Å². The Kier molecular flexibility index (Phi) is 5.72. The van der Waals surface area contributed by atoms with Gasteiger partial charge in [-0.2, -0.15) is 0 Å². The van der Waals surface area contributed by atoms with E-state index >= 15 is 0 Å². The van der Waals surface area contributed by atoms with Crippen molar-refractivity contribution < 1.29 is 14.3 Å². The summed E-state index contributed by atoms with van der Waals surface area (Å²) in [6.07, 6.45) is 3.03. The number of hydrogen-bond acceptors (Lipinski definition) is 3. The lowest BCUT2D eigenvalue weighted by atomic mass is 10.2. The molecule has 4 heteroatoms. The molecular weight excluding hydrogens is 302 g/mol. The highest BCUT2D eigenvalue weighted by Crippen LogP contribution is 2.17. The number of carbonyl (C=O) groups excluding carboxylic acids is 1. The van der Waals surface area contributed by atoms with Crippen LogP contribution in [0, 0.1) is 0 Å². The maximum Gasteiger partial charge on any atom is 0.253 e. The van der Waals surface area contributed by atoms with Crippen molar-refractivity contribution in [3.05, 3.63) is 60.2 Å². The van der Waals surface area contributed by atoms with Crippen LogP contribution in [0.15, 0.2) is 54.6 Å². The molecule has 1 aliphatic heterocycles. The summed E-state index contributed by atoms with van der Waals surface area (Å²) in [4.78, 5) is 14.2. The predicted molar refractivity (Wildman–Crippen MR) is 93.6 cm³/mol. The van der Waals surface area contributed by atoms with Gasteiger partial charge < -0.3 is 14.4 Å². The van der Waals surface area contributed by atoms with E-state index in [1.54, 1.807) is 0 Å². The van der Waals surface area contributed by atoms with Crippen LogP contribution in [0.2, 0.25) is 0 Å². The molecule has 2 aromatic rings. The molecule has 24 heavy (non-hydrogen) atoms. The third-order valence-electron chi connectivity index (χ3n) is 4.06. The summed E-state index contributed by atoms with van der Waals surface area (Å²) in [5, 5.41) is 0. The van der Waals surface area contributed by atoms with Gasteiger partial charge in [-0.15, -0.1) is 0 Å². The summed E-state index contributed by atoms with van der Waals surface area (Å²) >= 11 is 0. The molecule has 3 rings (SSSR count). The van der Waals surface area contributed by atoms with E-state index in [0.717, 1.165) is 49.4 Å². The van der Waals surface area contributed by atoms with E-state index in [0.29, 0.717) is 13.2 Å². The van der Waals surface area contributed by atoms with E-state index in [9.17, 15) is 4.79 Å². The van der Waals surface area contributed by atoms with Crippen LogP contribution < -0.4 is 9.47 Å². The van der Waals surface area contributed by atoms with Crippen LogP contribution in [0.4, 0.5) is 0 Å². The minimum Gasteiger partial charge on any atom is -0.493 e. The van der Waals surface area contributed by atoms with Crippen LogP contribution in [-0.4, -0.2) is 37.1 Å². The van der Waals surface area contributed by atoms with Gasteiger partial charge in [-0.3, -0.25) is 4.79 Å². The lowest BCUT2D eigenvalue weighted by Gasteiger charge is -2.15. The van der Waals surface area contributed by atoms with Crippen molar-refractivity contribution >= 4 is 5.91 Å². The number of ether oxygens (including phenoxy) is 2. The Balaban J connectivity index is 1.39. The number of para-hydroxylation sites is 1. The topological polar surface area (TPSA) is 38.8 Å². The van der Waals surface area contributed by atoms with E-state index in [1.807, 2.05) is 59.5 Å². The van der Waals surface area contributed by atoms with Gasteiger partial charge in [-0.25, -0.2) is 0 Å². The van der Waals surface area contributed by atoms with Crippen LogP contribution >= 0.6 is 0 Å². The van der Waals surface area contributed by atoms with Gasteiger partial charge in [0.2, 0.25) is 0 Å². The Morgan fingerprint density at radius 1 is 0.833 bits per heavy atom. The van der Waals surface area contributed by atoms with Gasteiger partial charge in [-0.1, -0.05) is 18.2 Å². The first kappa shape index (κ1) is 16.4. The number of likely N-dealkylation sites (tertiary alicyclic amines) is 1. The monoisotopic (exact) mass is 325 g/mol. The fraction of sp³-hybridized carbons (Fsp3) is 0.350. The highest BCUT2D eigenvalue weighted by atomic mass is 16.5. The molecule has 0 saturated carbocycles. The number of hydrogen-bond donors (Lipinski definition) is 0. The Bertz CT molecular complexity index is 634. The SMILES string of the molecule is O=C(c1ccc(OCCCOc2ccccc2)cc1)N1CCCC1. The lowest BCUT2D eigenvalue weighted by Crippen LogP contribution is -2.27. The number of benzene rings is 2. The molecule has 0 N–H and O–H groups in total. The van der Waals surface area contributed by atoms with Crippen molar-refractivity contribution in [3.63, 3.8) is 0 Å². The summed E-state index contributed by atoms with van der Waals surface area (Å²) in [5.41, 5.74) is 0.733. The highest BCUT2D eigenvalue weighted by molar-refractivity contribution is 5.94. The first-order valence-electron chi connectivity index (χ1n) is 8.53. The lowest BCUT2D eigenvalue weighted by molar-refractivity contribution is 0.0793. The quantitative estimate of drug-likeness (QED) is 0.727. The maximum absolute atomic E-state index is 12.3. The van der Waals surface area contributed by atoms with Crippen LogP contribution in [0.5, 0.6) is 11.5 Å². The zero-order chi connectivity index (χ0) is 16.6. The Morgan fingerprint density at radius 3 is 2.04 bits per heavy atom. The average molecular weight is 325 g/mol. The first-order chi connectivity index (χ1) is 11.8. The molecule has 0 spiro atoms. The van der Waals surface area contributed by atoms with Crippen molar-refractivity contribution in [2.45, 2.75) is 19.3 Å². The molecule has 0 radical (unpaired) electrons. The van der Waals surface area contributed by atoms with E-state index in [1.165, 1.54) is 0 Å². The van der Waals surface area contributed by atoms with E-state index in [2.05, 4.69) is 0 Å². The van der Waals surface area contributed by atoms with Crippen LogP contribution in [0.25, 0.3) is 0 Å². The van der Waals surface area contributed by atoms with Gasteiger partial charge in [0.25, 0.3) is 5.91 Å². The molecule has 0 bridgehead atoms. The third-order valence-corrected chi connectivity index (χ3v) is 4.06. The second-order valence-electron chi connectivity index (χ2n) is 5.89. The van der Waals surface area contributed by atoms with Gasteiger partial charge in [0, 0.05) is 25.1 Å². The van der Waals surface area contributed by atoms with Gasteiger partial charge in [-0.05, 0) is 49.2 Å². The third kappa shape index (κ3) is 4.51. The molecule has 0 aromatic heterocycles. The Morgan fingerprint density at radius 2 is 1.42 bits per heavy atom. The standard InChI is InChI=1S/C20H23NO3/c22-20(21-13-4-5-14-21)17-9-11-19(12-10-17)24-16-6-15-23-18-7-2-1-3-8-18/h1-3,7-12H,4-6,13-16H2. The largest absolute Gasteiger partial charge is 0.493 e. The molecular formula is C20H23NO3. The molecule has 1 fully saturated rings. The molecule has 4 nitrogen and oxygen atoms in total. The summed E-state index contributed by atoms with van der Waals surface area (Å²) in [6, 6.07) is 17.2. The number of nitrogens with zero attached hydrogens (tertiary/aromatic N) is 1. The minimum atomic E-state index is 0.121. The summed E-state index contributed by atoms with van der Waals surface area (Å²) in [5.74, 6) is 1.78. The summed E-state index contributed by atoms with van der Waals surface area (Å²) in [6.45, 7) is 2.96. The van der Waals surface area contributed by atoms with Crippen LogP contribution in [0.1, 0.15) is 29.6 Å². The average Bonchev–Trinajstić information content (AvgIpc) is 3.17. The first-order valence-corrected chi connectivity index (χ1v) is 8.53. The molecule has 0 unspecified atom stereocenters. The van der Waals surface area contributed by atoms with Gasteiger partial charge >= 0.3 is 0 Å². The zero-order valence-electron chi connectivity index (χ0n) is 13.8. The van der Waals surface area contributed by atoms with Crippen molar-refractivity contribution in [1.82, 2.24) is 4.90 Å². The molecule has 1 aliphatic rings.